The van der Waals surface area contributed by atoms with E-state index in [0.29, 0.717) is 16.5 Å². The van der Waals surface area contributed by atoms with Gasteiger partial charge < -0.3 is 4.57 Å². The van der Waals surface area contributed by atoms with Crippen molar-refractivity contribution < 1.29 is 8.42 Å². The maximum Gasteiger partial charge on any atom is 0.175 e. The largest absolute Gasteiger partial charge is 0.343 e. The minimum atomic E-state index is -3.24. The number of halogens is 1. The van der Waals surface area contributed by atoms with Crippen molar-refractivity contribution in [2.75, 3.05) is 6.26 Å². The van der Waals surface area contributed by atoms with Crippen LogP contribution in [0, 0.1) is 6.92 Å². The van der Waals surface area contributed by atoms with Crippen molar-refractivity contribution in [3.05, 3.63) is 64.8 Å². The molecule has 3 aromatic rings. The first kappa shape index (κ1) is 15.1. The molecule has 0 bridgehead atoms. The van der Waals surface area contributed by atoms with Crippen molar-refractivity contribution in [3.63, 3.8) is 0 Å². The Kier molecular flexibility index (Phi) is 3.75. The van der Waals surface area contributed by atoms with E-state index in [1.807, 2.05) is 43.5 Å². The van der Waals surface area contributed by atoms with E-state index in [2.05, 4.69) is 4.57 Å². The number of fused-ring (bicyclic) bond motifs is 1. The van der Waals surface area contributed by atoms with Crippen LogP contribution in [-0.4, -0.2) is 19.2 Å². The molecule has 5 heteroatoms. The van der Waals surface area contributed by atoms with Gasteiger partial charge in [-0.3, -0.25) is 0 Å². The topological polar surface area (TPSA) is 39.1 Å². The summed E-state index contributed by atoms with van der Waals surface area (Å²) in [4.78, 5) is 0.378. The first-order valence-electron chi connectivity index (χ1n) is 6.89. The molecule has 0 radical (unpaired) electrons. The predicted octanol–water partition coefficient (Wildman–Crippen LogP) is 4.05. The average molecular weight is 334 g/mol. The van der Waals surface area contributed by atoms with Gasteiger partial charge in [0.05, 0.1) is 4.90 Å². The average Bonchev–Trinajstić information content (AvgIpc) is 2.74. The zero-order chi connectivity index (χ0) is 15.9. The molecule has 0 saturated heterocycles. The zero-order valence-electron chi connectivity index (χ0n) is 12.4. The van der Waals surface area contributed by atoms with E-state index in [-0.39, 0.29) is 0 Å². The molecule has 114 valence electrons. The molecule has 0 aliphatic carbocycles. The number of hydrogen-bond donors (Lipinski definition) is 0. The molecule has 0 fully saturated rings. The summed E-state index contributed by atoms with van der Waals surface area (Å²) in [5.41, 5.74) is 2.95. The molecule has 2 aromatic carbocycles. The number of nitrogens with zero attached hydrogens (tertiary/aromatic N) is 1. The van der Waals surface area contributed by atoms with E-state index in [9.17, 15) is 8.42 Å². The van der Waals surface area contributed by atoms with Gasteiger partial charge in [0.1, 0.15) is 0 Å². The van der Waals surface area contributed by atoms with E-state index < -0.39 is 9.84 Å². The number of aromatic nitrogens is 1. The summed E-state index contributed by atoms with van der Waals surface area (Å²) in [6.07, 6.45) is 3.27. The van der Waals surface area contributed by atoms with E-state index in [1.165, 1.54) is 6.26 Å². The molecule has 0 saturated carbocycles. The predicted molar refractivity (Wildman–Crippen MR) is 90.3 cm³/mol. The highest BCUT2D eigenvalue weighted by molar-refractivity contribution is 7.90. The summed E-state index contributed by atoms with van der Waals surface area (Å²) in [5.74, 6) is 0. The molecule has 0 unspecified atom stereocenters. The van der Waals surface area contributed by atoms with Gasteiger partial charge in [-0.05, 0) is 42.3 Å². The molecule has 0 spiro atoms. The second-order valence-corrected chi connectivity index (χ2v) is 7.90. The summed E-state index contributed by atoms with van der Waals surface area (Å²) < 4.78 is 25.9. The van der Waals surface area contributed by atoms with Gasteiger partial charge in [0, 0.05) is 34.9 Å². The van der Waals surface area contributed by atoms with E-state index in [0.717, 1.165) is 22.0 Å². The van der Waals surface area contributed by atoms with Gasteiger partial charge in [-0.25, -0.2) is 8.42 Å². The van der Waals surface area contributed by atoms with Crippen molar-refractivity contribution in [3.8, 4) is 0 Å². The smallest absolute Gasteiger partial charge is 0.175 e. The Bertz CT molecular complexity index is 958. The van der Waals surface area contributed by atoms with Gasteiger partial charge in [0.2, 0.25) is 0 Å². The summed E-state index contributed by atoms with van der Waals surface area (Å²) >= 11 is 6.06. The molecule has 1 aromatic heterocycles. The Balaban J connectivity index is 2.13. The fourth-order valence-electron chi connectivity index (χ4n) is 2.76. The molecule has 3 rings (SSSR count). The summed E-state index contributed by atoms with van der Waals surface area (Å²) in [6, 6.07) is 12.9. The lowest BCUT2D eigenvalue weighted by Crippen LogP contribution is -2.06. The monoisotopic (exact) mass is 333 g/mol. The lowest BCUT2D eigenvalue weighted by atomic mass is 10.2. The highest BCUT2D eigenvalue weighted by Crippen LogP contribution is 2.26. The van der Waals surface area contributed by atoms with Crippen molar-refractivity contribution in [2.45, 2.75) is 18.4 Å². The fourth-order valence-corrected chi connectivity index (χ4v) is 3.86. The van der Waals surface area contributed by atoms with Crippen LogP contribution in [0.3, 0.4) is 0 Å². The number of aryl methyl sites for hydroxylation is 1. The first-order chi connectivity index (χ1) is 10.4. The number of sulfone groups is 1. The third kappa shape index (κ3) is 2.76. The summed E-state index contributed by atoms with van der Waals surface area (Å²) in [5, 5.41) is 1.79. The third-order valence-corrected chi connectivity index (χ3v) is 5.19. The minimum absolute atomic E-state index is 0.378. The van der Waals surface area contributed by atoms with Crippen LogP contribution >= 0.6 is 11.6 Å². The van der Waals surface area contributed by atoms with Crippen LogP contribution in [-0.2, 0) is 16.4 Å². The number of hydrogen-bond acceptors (Lipinski definition) is 2. The van der Waals surface area contributed by atoms with Crippen molar-refractivity contribution in [2.24, 2.45) is 0 Å². The molecule has 0 N–H and O–H groups in total. The molecule has 1 heterocycles. The maximum absolute atomic E-state index is 11.9. The van der Waals surface area contributed by atoms with Crippen LogP contribution in [0.4, 0.5) is 0 Å². The van der Waals surface area contributed by atoms with Crippen molar-refractivity contribution in [1.82, 2.24) is 4.57 Å². The number of rotatable bonds is 3. The summed E-state index contributed by atoms with van der Waals surface area (Å²) in [7, 11) is -3.24. The summed E-state index contributed by atoms with van der Waals surface area (Å²) in [6.45, 7) is 2.53. The molecule has 3 nitrogen and oxygen atoms in total. The van der Waals surface area contributed by atoms with Gasteiger partial charge in [-0.2, -0.15) is 0 Å². The normalized spacial score (nSPS) is 12.0. The van der Waals surface area contributed by atoms with E-state index >= 15 is 0 Å². The van der Waals surface area contributed by atoms with E-state index in [1.54, 1.807) is 12.1 Å². The van der Waals surface area contributed by atoms with Crippen LogP contribution in [0.1, 0.15) is 11.1 Å². The Hall–Kier alpha value is -1.78. The van der Waals surface area contributed by atoms with Crippen molar-refractivity contribution >= 4 is 32.3 Å². The van der Waals surface area contributed by atoms with Gasteiger partial charge >= 0.3 is 0 Å². The van der Waals surface area contributed by atoms with Crippen LogP contribution in [0.5, 0.6) is 0 Å². The molecular weight excluding hydrogens is 318 g/mol. The Labute approximate surface area is 135 Å². The SMILES string of the molecule is Cc1cn(Cc2ccccc2S(C)(=O)=O)c2ccc(Cl)cc12. The highest BCUT2D eigenvalue weighted by atomic mass is 35.5. The molecule has 0 atom stereocenters. The Morgan fingerprint density at radius 2 is 1.86 bits per heavy atom. The van der Waals surface area contributed by atoms with Gasteiger partial charge in [-0.1, -0.05) is 29.8 Å². The van der Waals surface area contributed by atoms with Gasteiger partial charge in [0.25, 0.3) is 0 Å². The van der Waals surface area contributed by atoms with Crippen molar-refractivity contribution in [1.29, 1.82) is 0 Å². The third-order valence-electron chi connectivity index (χ3n) is 3.76. The fraction of sp³-hybridized carbons (Fsp3) is 0.176. The van der Waals surface area contributed by atoms with Gasteiger partial charge in [-0.15, -0.1) is 0 Å². The maximum atomic E-state index is 11.9. The second-order valence-electron chi connectivity index (χ2n) is 5.48. The van der Waals surface area contributed by atoms with E-state index in [4.69, 9.17) is 11.6 Å². The van der Waals surface area contributed by atoms with Gasteiger partial charge in [0.15, 0.2) is 9.84 Å². The van der Waals surface area contributed by atoms with Crippen LogP contribution < -0.4 is 0 Å². The Morgan fingerprint density at radius 3 is 2.59 bits per heavy atom. The molecular formula is C17H16ClNO2S. The zero-order valence-corrected chi connectivity index (χ0v) is 13.9. The molecule has 0 amide bonds. The van der Waals surface area contributed by atoms with Crippen LogP contribution in [0.2, 0.25) is 5.02 Å². The first-order valence-corrected chi connectivity index (χ1v) is 9.16. The molecule has 0 aliphatic rings. The van der Waals surface area contributed by atoms with Crippen LogP contribution in [0.15, 0.2) is 53.6 Å². The quantitative estimate of drug-likeness (QED) is 0.725. The lowest BCUT2D eigenvalue weighted by Gasteiger charge is -2.10. The minimum Gasteiger partial charge on any atom is -0.343 e. The lowest BCUT2D eigenvalue weighted by molar-refractivity contribution is 0.600. The molecule has 0 aliphatic heterocycles. The van der Waals surface area contributed by atoms with Crippen LogP contribution in [0.25, 0.3) is 10.9 Å². The second kappa shape index (κ2) is 5.45. The standard InChI is InChI=1S/C17H16ClNO2S/c1-12-10-19(16-8-7-14(18)9-15(12)16)11-13-5-3-4-6-17(13)22(2,20)21/h3-10H,11H2,1-2H3. The molecule has 22 heavy (non-hydrogen) atoms. The number of benzene rings is 2. The highest BCUT2D eigenvalue weighted by Gasteiger charge is 2.14. The Morgan fingerprint density at radius 1 is 1.14 bits per heavy atom.